The molecule has 0 aliphatic carbocycles. The Hall–Kier alpha value is -1.53. The van der Waals surface area contributed by atoms with Gasteiger partial charge in [-0.05, 0) is 30.5 Å². The Morgan fingerprint density at radius 1 is 1.46 bits per heavy atom. The van der Waals surface area contributed by atoms with E-state index >= 15 is 0 Å². The molecule has 1 amide bonds. The number of amides is 1. The Balaban J connectivity index is 1.50. The molecule has 0 radical (unpaired) electrons. The van der Waals surface area contributed by atoms with Crippen LogP contribution in [0.1, 0.15) is 25.3 Å². The van der Waals surface area contributed by atoms with Crippen molar-refractivity contribution in [2.45, 2.75) is 36.6 Å². The van der Waals surface area contributed by atoms with Crippen LogP contribution in [0.15, 0.2) is 40.2 Å². The van der Waals surface area contributed by atoms with Crippen molar-refractivity contribution in [1.29, 1.82) is 0 Å². The number of hydrogen-bond donors (Lipinski definition) is 0. The molecule has 1 aromatic heterocycles. The smallest absolute Gasteiger partial charge is 0.223 e. The van der Waals surface area contributed by atoms with E-state index in [2.05, 4.69) is 24.0 Å². The van der Waals surface area contributed by atoms with Crippen LogP contribution in [0.3, 0.4) is 0 Å². The minimum absolute atomic E-state index is 0.180. The molecule has 128 valence electrons. The van der Waals surface area contributed by atoms with Crippen molar-refractivity contribution in [3.8, 4) is 5.75 Å². The van der Waals surface area contributed by atoms with Gasteiger partial charge in [0.15, 0.2) is 0 Å². The Morgan fingerprint density at radius 2 is 2.38 bits per heavy atom. The number of benzene rings is 1. The zero-order valence-corrected chi connectivity index (χ0v) is 15.4. The Morgan fingerprint density at radius 3 is 3.17 bits per heavy atom. The summed E-state index contributed by atoms with van der Waals surface area (Å²) < 4.78 is 7.01. The highest BCUT2D eigenvalue weighted by Crippen LogP contribution is 2.24. The lowest BCUT2D eigenvalue weighted by molar-refractivity contribution is -0.129. The summed E-state index contributed by atoms with van der Waals surface area (Å²) in [6, 6.07) is 8.38. The van der Waals surface area contributed by atoms with Crippen molar-refractivity contribution in [3.05, 3.63) is 41.4 Å². The van der Waals surface area contributed by atoms with Gasteiger partial charge < -0.3 is 9.64 Å². The molecule has 3 rings (SSSR count). The van der Waals surface area contributed by atoms with E-state index in [0.717, 1.165) is 35.2 Å². The quantitative estimate of drug-likeness (QED) is 0.669. The molecule has 1 aromatic carbocycles. The Bertz CT molecular complexity index is 661. The second-order valence-corrected chi connectivity index (χ2v) is 7.97. The summed E-state index contributed by atoms with van der Waals surface area (Å²) in [7, 11) is 0. The number of hydrogen-bond acceptors (Lipinski definition) is 5. The molecule has 1 fully saturated rings. The van der Waals surface area contributed by atoms with E-state index in [9.17, 15) is 4.79 Å². The first-order valence-electron chi connectivity index (χ1n) is 8.29. The average Bonchev–Trinajstić information content (AvgIpc) is 3.24. The van der Waals surface area contributed by atoms with Gasteiger partial charge in [-0.25, -0.2) is 4.98 Å². The van der Waals surface area contributed by atoms with Gasteiger partial charge in [0.2, 0.25) is 5.91 Å². The van der Waals surface area contributed by atoms with Gasteiger partial charge in [0.25, 0.3) is 0 Å². The zero-order chi connectivity index (χ0) is 16.8. The second-order valence-electron chi connectivity index (χ2n) is 5.74. The fraction of sp³-hybridized carbons (Fsp3) is 0.444. The third kappa shape index (κ3) is 4.51. The van der Waals surface area contributed by atoms with Gasteiger partial charge in [-0.3, -0.25) is 4.79 Å². The van der Waals surface area contributed by atoms with Crippen LogP contribution in [-0.2, 0) is 11.2 Å². The van der Waals surface area contributed by atoms with E-state index in [1.54, 1.807) is 23.1 Å². The lowest BCUT2D eigenvalue weighted by atomic mass is 10.2. The number of thioether (sulfide) groups is 1. The first-order valence-corrected chi connectivity index (χ1v) is 10.2. The maximum Gasteiger partial charge on any atom is 0.223 e. The van der Waals surface area contributed by atoms with E-state index in [1.807, 2.05) is 28.6 Å². The summed E-state index contributed by atoms with van der Waals surface area (Å²) in [5.74, 6) is 2.01. The van der Waals surface area contributed by atoms with Gasteiger partial charge in [0.1, 0.15) is 16.7 Å². The van der Waals surface area contributed by atoms with Crippen LogP contribution in [0, 0.1) is 0 Å². The molecule has 0 spiro atoms. The molecule has 1 aliphatic rings. The SMILES string of the molecule is CCc1cccc(OC[C@H]2CCC(=O)N2CCSc2nccs2)c1. The lowest BCUT2D eigenvalue weighted by Crippen LogP contribution is -2.38. The summed E-state index contributed by atoms with van der Waals surface area (Å²) >= 11 is 3.35. The maximum absolute atomic E-state index is 12.1. The number of ether oxygens (including phenoxy) is 1. The van der Waals surface area contributed by atoms with Crippen molar-refractivity contribution in [1.82, 2.24) is 9.88 Å². The molecule has 2 aromatic rings. The molecule has 1 atom stereocenters. The number of thiazole rings is 1. The number of likely N-dealkylation sites (tertiary alicyclic amines) is 1. The molecule has 0 unspecified atom stereocenters. The van der Waals surface area contributed by atoms with E-state index < -0.39 is 0 Å². The highest BCUT2D eigenvalue weighted by Gasteiger charge is 2.31. The number of aryl methyl sites for hydroxylation is 1. The second kappa shape index (κ2) is 8.53. The average molecular weight is 363 g/mol. The predicted molar refractivity (Wildman–Crippen MR) is 98.9 cm³/mol. The first-order chi connectivity index (χ1) is 11.8. The summed E-state index contributed by atoms with van der Waals surface area (Å²) in [5.41, 5.74) is 1.27. The predicted octanol–water partition coefficient (Wildman–Crippen LogP) is 3.87. The molecule has 0 bridgehead atoms. The number of carbonyl (C=O) groups excluding carboxylic acids is 1. The van der Waals surface area contributed by atoms with Crippen molar-refractivity contribution in [3.63, 3.8) is 0 Å². The molecule has 1 aliphatic heterocycles. The van der Waals surface area contributed by atoms with Gasteiger partial charge in [-0.1, -0.05) is 30.8 Å². The summed E-state index contributed by atoms with van der Waals surface area (Å²) in [4.78, 5) is 18.4. The minimum atomic E-state index is 0.180. The fourth-order valence-corrected chi connectivity index (χ4v) is 4.48. The van der Waals surface area contributed by atoms with Crippen molar-refractivity contribution >= 4 is 29.0 Å². The molecular weight excluding hydrogens is 340 g/mol. The molecule has 0 saturated carbocycles. The Labute approximate surface area is 151 Å². The largest absolute Gasteiger partial charge is 0.491 e. The normalized spacial score (nSPS) is 17.5. The van der Waals surface area contributed by atoms with Crippen molar-refractivity contribution in [2.24, 2.45) is 0 Å². The van der Waals surface area contributed by atoms with E-state index in [-0.39, 0.29) is 11.9 Å². The molecule has 4 nitrogen and oxygen atoms in total. The van der Waals surface area contributed by atoms with Gasteiger partial charge in [-0.2, -0.15) is 0 Å². The lowest BCUT2D eigenvalue weighted by Gasteiger charge is -2.24. The van der Waals surface area contributed by atoms with Crippen LogP contribution in [0.5, 0.6) is 5.75 Å². The number of aromatic nitrogens is 1. The van der Waals surface area contributed by atoms with Crippen molar-refractivity contribution in [2.75, 3.05) is 18.9 Å². The van der Waals surface area contributed by atoms with Crippen LogP contribution in [0.25, 0.3) is 0 Å². The van der Waals surface area contributed by atoms with Gasteiger partial charge in [-0.15, -0.1) is 11.3 Å². The minimum Gasteiger partial charge on any atom is -0.491 e. The van der Waals surface area contributed by atoms with Crippen LogP contribution in [-0.4, -0.2) is 40.7 Å². The topological polar surface area (TPSA) is 42.4 Å². The number of carbonyl (C=O) groups is 1. The highest BCUT2D eigenvalue weighted by atomic mass is 32.2. The van der Waals surface area contributed by atoms with Gasteiger partial charge >= 0.3 is 0 Å². The molecule has 2 heterocycles. The van der Waals surface area contributed by atoms with Gasteiger partial charge in [0, 0.05) is 30.3 Å². The first kappa shape index (κ1) is 17.3. The standard InChI is InChI=1S/C18H22N2O2S2/c1-2-14-4-3-5-16(12-14)22-13-15-6-7-17(21)20(15)9-11-24-18-19-8-10-23-18/h3-5,8,10,12,15H,2,6-7,9,11,13H2,1H3/t15-/m1/s1. The summed E-state index contributed by atoms with van der Waals surface area (Å²) in [6.45, 7) is 3.46. The summed E-state index contributed by atoms with van der Waals surface area (Å²) in [5, 5.41) is 1.98. The third-order valence-corrected chi connectivity index (χ3v) is 6.12. The third-order valence-electron chi connectivity index (χ3n) is 4.17. The van der Waals surface area contributed by atoms with Crippen LogP contribution in [0.4, 0.5) is 0 Å². The van der Waals surface area contributed by atoms with Gasteiger partial charge in [0.05, 0.1) is 6.04 Å². The zero-order valence-electron chi connectivity index (χ0n) is 13.8. The van der Waals surface area contributed by atoms with Crippen LogP contribution >= 0.6 is 23.1 Å². The molecule has 1 saturated heterocycles. The monoisotopic (exact) mass is 362 g/mol. The number of nitrogens with zero attached hydrogens (tertiary/aromatic N) is 2. The molecule has 6 heteroatoms. The fourth-order valence-electron chi connectivity index (χ4n) is 2.83. The molecule has 0 N–H and O–H groups in total. The molecular formula is C18H22N2O2S2. The van der Waals surface area contributed by atoms with E-state index in [1.165, 1.54) is 5.56 Å². The summed E-state index contributed by atoms with van der Waals surface area (Å²) in [6.07, 6.45) is 4.33. The maximum atomic E-state index is 12.1. The highest BCUT2D eigenvalue weighted by molar-refractivity contribution is 8.01. The number of rotatable bonds is 8. The van der Waals surface area contributed by atoms with Crippen LogP contribution < -0.4 is 4.74 Å². The van der Waals surface area contributed by atoms with E-state index in [4.69, 9.17) is 4.74 Å². The Kier molecular flexibility index (Phi) is 6.15. The van der Waals surface area contributed by atoms with Crippen molar-refractivity contribution < 1.29 is 9.53 Å². The van der Waals surface area contributed by atoms with Crippen LogP contribution in [0.2, 0.25) is 0 Å². The van der Waals surface area contributed by atoms with E-state index in [0.29, 0.717) is 13.0 Å². The molecule has 24 heavy (non-hydrogen) atoms.